The van der Waals surface area contributed by atoms with E-state index in [-0.39, 0.29) is 18.9 Å². The van der Waals surface area contributed by atoms with Crippen molar-refractivity contribution in [3.8, 4) is 11.8 Å². The summed E-state index contributed by atoms with van der Waals surface area (Å²) in [5, 5.41) is 17.1. The Labute approximate surface area is 63.0 Å². The fourth-order valence-corrected chi connectivity index (χ4v) is 0.104. The molecule has 5 heteroatoms. The maximum atomic E-state index is 9.44. The van der Waals surface area contributed by atoms with Crippen molar-refractivity contribution >= 4 is 11.9 Å². The first-order chi connectivity index (χ1) is 3.63. The van der Waals surface area contributed by atoms with Crippen LogP contribution in [0.4, 0.5) is 0 Å². The summed E-state index contributed by atoms with van der Waals surface area (Å²) in [5.74, 6) is -0.515. The van der Waals surface area contributed by atoms with Crippen LogP contribution in [0.15, 0.2) is 0 Å². The largest absolute Gasteiger partial charge is 1.00 e. The van der Waals surface area contributed by atoms with Gasteiger partial charge < -0.3 is 15.0 Å². The summed E-state index contributed by atoms with van der Waals surface area (Å²) in [4.78, 5) is 18.8. The fraction of sp³-hybridized carbons (Fsp3) is 0. The first kappa shape index (κ1) is 11.0. The van der Waals surface area contributed by atoms with Gasteiger partial charge in [0.1, 0.15) is 5.97 Å². The molecular formula is C4HLiO4. The molecule has 1 N–H and O–H groups in total. The number of aliphatic carboxylic acids is 2. The third kappa shape index (κ3) is 11.0. The molecule has 9 heavy (non-hydrogen) atoms. The van der Waals surface area contributed by atoms with Gasteiger partial charge in [0.15, 0.2) is 0 Å². The van der Waals surface area contributed by atoms with E-state index in [9.17, 15) is 14.7 Å². The molecule has 0 rings (SSSR count). The molecule has 0 spiro atoms. The summed E-state index contributed by atoms with van der Waals surface area (Å²) in [6.07, 6.45) is 0. The van der Waals surface area contributed by atoms with E-state index in [1.54, 1.807) is 0 Å². The zero-order valence-corrected chi connectivity index (χ0v) is 4.67. The minimum Gasteiger partial charge on any atom is -0.537 e. The molecule has 0 unspecified atom stereocenters. The van der Waals surface area contributed by atoms with Crippen molar-refractivity contribution in [1.82, 2.24) is 0 Å². The summed E-state index contributed by atoms with van der Waals surface area (Å²) in [7, 11) is 0. The standard InChI is InChI=1S/C4H2O4.Li/c5-3(6)1-2-4(7)8;/h(H,5,6)(H,7,8);/q;+1/p-1. The molecule has 0 aliphatic rings. The third-order valence-corrected chi connectivity index (χ3v) is 0.271. The van der Waals surface area contributed by atoms with Crippen LogP contribution in [-0.4, -0.2) is 17.0 Å². The minimum atomic E-state index is -1.69. The van der Waals surface area contributed by atoms with Crippen molar-refractivity contribution in [1.29, 1.82) is 0 Å². The van der Waals surface area contributed by atoms with Crippen molar-refractivity contribution in [3.63, 3.8) is 0 Å². The van der Waals surface area contributed by atoms with E-state index in [4.69, 9.17) is 5.11 Å². The van der Waals surface area contributed by atoms with Crippen molar-refractivity contribution in [2.45, 2.75) is 0 Å². The number of rotatable bonds is 0. The number of carboxylic acid groups (broad SMARTS) is 2. The molecule has 0 fully saturated rings. The second kappa shape index (κ2) is 5.24. The first-order valence-electron chi connectivity index (χ1n) is 1.59. The molecule has 0 aliphatic heterocycles. The Morgan fingerprint density at radius 3 is 1.89 bits per heavy atom. The van der Waals surface area contributed by atoms with E-state index < -0.39 is 11.9 Å². The summed E-state index contributed by atoms with van der Waals surface area (Å²) in [6, 6.07) is 0. The smallest absolute Gasteiger partial charge is 0.537 e. The molecule has 0 radical (unpaired) electrons. The number of hydrogen-bond donors (Lipinski definition) is 1. The van der Waals surface area contributed by atoms with Crippen LogP contribution in [0, 0.1) is 11.8 Å². The SMILES string of the molecule is O=C([O-])C#CC(=O)O.[Li+]. The van der Waals surface area contributed by atoms with Gasteiger partial charge in [-0.25, -0.2) is 4.79 Å². The van der Waals surface area contributed by atoms with Gasteiger partial charge in [0.25, 0.3) is 0 Å². The van der Waals surface area contributed by atoms with E-state index in [2.05, 4.69) is 0 Å². The van der Waals surface area contributed by atoms with Gasteiger partial charge in [-0.2, -0.15) is 0 Å². The molecule has 4 nitrogen and oxygen atoms in total. The molecule has 42 valence electrons. The van der Waals surface area contributed by atoms with Gasteiger partial charge in [-0.3, -0.25) is 0 Å². The molecule has 0 aromatic heterocycles. The summed E-state index contributed by atoms with van der Waals surface area (Å²) in [6.45, 7) is 0. The molecule has 0 aliphatic carbocycles. The second-order valence-electron chi connectivity index (χ2n) is 0.843. The van der Waals surface area contributed by atoms with Gasteiger partial charge in [0.05, 0.1) is 0 Å². The summed E-state index contributed by atoms with van der Waals surface area (Å²) in [5.41, 5.74) is 0. The Bertz CT molecular complexity index is 157. The van der Waals surface area contributed by atoms with Crippen molar-refractivity contribution in [2.24, 2.45) is 0 Å². The van der Waals surface area contributed by atoms with Crippen LogP contribution in [0.5, 0.6) is 0 Å². The zero-order valence-electron chi connectivity index (χ0n) is 4.67. The predicted molar refractivity (Wildman–Crippen MR) is 20.4 cm³/mol. The van der Waals surface area contributed by atoms with Crippen LogP contribution in [-0.2, 0) is 9.59 Å². The Morgan fingerprint density at radius 2 is 1.78 bits per heavy atom. The molecule has 0 amide bonds. The molecule has 0 saturated carbocycles. The first-order valence-corrected chi connectivity index (χ1v) is 1.59. The minimum absolute atomic E-state index is 0. The molecule has 0 heterocycles. The maximum Gasteiger partial charge on any atom is 1.00 e. The Morgan fingerprint density at radius 1 is 1.33 bits per heavy atom. The normalized spacial score (nSPS) is 5.78. The number of hydrogen-bond acceptors (Lipinski definition) is 3. The zero-order chi connectivity index (χ0) is 6.57. The maximum absolute atomic E-state index is 9.44. The monoisotopic (exact) mass is 120 g/mol. The van der Waals surface area contributed by atoms with Gasteiger partial charge in [-0.05, 0) is 5.92 Å². The Kier molecular flexibility index (Phi) is 6.39. The third-order valence-electron chi connectivity index (χ3n) is 0.271. The van der Waals surface area contributed by atoms with Crippen LogP contribution in [0.1, 0.15) is 0 Å². The van der Waals surface area contributed by atoms with Gasteiger partial charge in [-0.1, -0.05) is 0 Å². The number of carboxylic acids is 2. The van der Waals surface area contributed by atoms with Crippen LogP contribution in [0.2, 0.25) is 0 Å². The van der Waals surface area contributed by atoms with E-state index in [0.717, 1.165) is 0 Å². The van der Waals surface area contributed by atoms with Crippen LogP contribution >= 0.6 is 0 Å². The average molecular weight is 120 g/mol. The second-order valence-corrected chi connectivity index (χ2v) is 0.843. The number of carbonyl (C=O) groups is 2. The Hall–Kier alpha value is -0.903. The molecule has 0 atom stereocenters. The fourth-order valence-electron chi connectivity index (χ4n) is 0.104. The van der Waals surface area contributed by atoms with E-state index in [1.807, 2.05) is 0 Å². The van der Waals surface area contributed by atoms with Crippen molar-refractivity contribution in [2.75, 3.05) is 0 Å². The van der Waals surface area contributed by atoms with Crippen LogP contribution in [0.25, 0.3) is 0 Å². The van der Waals surface area contributed by atoms with Crippen LogP contribution < -0.4 is 24.0 Å². The van der Waals surface area contributed by atoms with Crippen molar-refractivity contribution < 1.29 is 38.7 Å². The molecule has 0 saturated heterocycles. The van der Waals surface area contributed by atoms with Gasteiger partial charge >= 0.3 is 24.8 Å². The molecule has 0 aromatic carbocycles. The molecular weight excluding hydrogens is 119 g/mol. The summed E-state index contributed by atoms with van der Waals surface area (Å²) < 4.78 is 0. The topological polar surface area (TPSA) is 77.4 Å². The summed E-state index contributed by atoms with van der Waals surface area (Å²) >= 11 is 0. The van der Waals surface area contributed by atoms with E-state index >= 15 is 0 Å². The predicted octanol–water partition coefficient (Wildman–Crippen LogP) is -5.17. The average Bonchev–Trinajstić information content (AvgIpc) is 1.61. The molecule has 0 aromatic rings. The molecule has 0 bridgehead atoms. The quantitative estimate of drug-likeness (QED) is 0.256. The Balaban J connectivity index is 0. The van der Waals surface area contributed by atoms with Gasteiger partial charge in [0.2, 0.25) is 0 Å². The van der Waals surface area contributed by atoms with Gasteiger partial charge in [0, 0.05) is 5.92 Å². The number of carbonyl (C=O) groups excluding carboxylic acids is 1. The van der Waals surface area contributed by atoms with Crippen molar-refractivity contribution in [3.05, 3.63) is 0 Å². The van der Waals surface area contributed by atoms with E-state index in [0.29, 0.717) is 0 Å². The van der Waals surface area contributed by atoms with Crippen LogP contribution in [0.3, 0.4) is 0 Å². The van der Waals surface area contributed by atoms with E-state index in [1.165, 1.54) is 11.8 Å². The van der Waals surface area contributed by atoms with Gasteiger partial charge in [-0.15, -0.1) is 0 Å².